The van der Waals surface area contributed by atoms with E-state index in [4.69, 9.17) is 5.73 Å². The normalized spacial score (nSPS) is 13.3. The summed E-state index contributed by atoms with van der Waals surface area (Å²) < 4.78 is 1.93. The van der Waals surface area contributed by atoms with Gasteiger partial charge in [0.25, 0.3) is 0 Å². The average Bonchev–Trinajstić information content (AvgIpc) is 2.39. The molecule has 1 aromatic rings. The van der Waals surface area contributed by atoms with Gasteiger partial charge in [0.1, 0.15) is 0 Å². The zero-order valence-electron chi connectivity index (χ0n) is 6.90. The molecule has 0 spiro atoms. The lowest BCUT2D eigenvalue weighted by Gasteiger charge is -2.03. The van der Waals surface area contributed by atoms with Crippen LogP contribution < -0.4 is 5.73 Å². The SMILES string of the molecule is CC(N)CCCn1cccn1. The molecule has 0 fully saturated rings. The van der Waals surface area contributed by atoms with E-state index in [1.807, 2.05) is 23.9 Å². The quantitative estimate of drug-likeness (QED) is 0.701. The van der Waals surface area contributed by atoms with Crippen LogP contribution in [0.1, 0.15) is 19.8 Å². The number of hydrogen-bond donors (Lipinski definition) is 1. The molecular weight excluding hydrogens is 138 g/mol. The van der Waals surface area contributed by atoms with E-state index in [0.717, 1.165) is 19.4 Å². The molecule has 3 nitrogen and oxygen atoms in total. The van der Waals surface area contributed by atoms with Crippen molar-refractivity contribution < 1.29 is 0 Å². The molecule has 0 aromatic carbocycles. The first-order valence-electron chi connectivity index (χ1n) is 4.02. The molecule has 1 unspecified atom stereocenters. The maximum atomic E-state index is 5.60. The van der Waals surface area contributed by atoms with Crippen LogP contribution in [0.3, 0.4) is 0 Å². The topological polar surface area (TPSA) is 43.8 Å². The van der Waals surface area contributed by atoms with Crippen LogP contribution in [0.25, 0.3) is 0 Å². The zero-order chi connectivity index (χ0) is 8.10. The van der Waals surface area contributed by atoms with E-state index >= 15 is 0 Å². The monoisotopic (exact) mass is 153 g/mol. The molecule has 0 radical (unpaired) electrons. The largest absolute Gasteiger partial charge is 0.328 e. The first-order valence-corrected chi connectivity index (χ1v) is 4.02. The van der Waals surface area contributed by atoms with Gasteiger partial charge in [0.05, 0.1) is 0 Å². The van der Waals surface area contributed by atoms with Gasteiger partial charge in [-0.15, -0.1) is 0 Å². The van der Waals surface area contributed by atoms with Gasteiger partial charge in [0, 0.05) is 25.0 Å². The Morgan fingerprint density at radius 1 is 1.64 bits per heavy atom. The molecular formula is C8H15N3. The fraction of sp³-hybridized carbons (Fsp3) is 0.625. The van der Waals surface area contributed by atoms with Crippen molar-refractivity contribution in [3.63, 3.8) is 0 Å². The van der Waals surface area contributed by atoms with E-state index in [0.29, 0.717) is 6.04 Å². The summed E-state index contributed by atoms with van der Waals surface area (Å²) in [5.41, 5.74) is 5.60. The molecule has 1 heterocycles. The molecule has 1 rings (SSSR count). The Bertz CT molecular complexity index is 179. The Kier molecular flexibility index (Phi) is 3.11. The smallest absolute Gasteiger partial charge is 0.0489 e. The van der Waals surface area contributed by atoms with Gasteiger partial charge in [-0.2, -0.15) is 5.10 Å². The van der Waals surface area contributed by atoms with Crippen molar-refractivity contribution in [2.24, 2.45) is 5.73 Å². The first kappa shape index (κ1) is 8.27. The Labute approximate surface area is 67.2 Å². The second-order valence-electron chi connectivity index (χ2n) is 2.89. The highest BCUT2D eigenvalue weighted by Gasteiger charge is 1.94. The summed E-state index contributed by atoms with van der Waals surface area (Å²) in [6.07, 6.45) is 5.95. The van der Waals surface area contributed by atoms with Gasteiger partial charge in [-0.25, -0.2) is 0 Å². The number of rotatable bonds is 4. The second-order valence-corrected chi connectivity index (χ2v) is 2.89. The van der Waals surface area contributed by atoms with Crippen LogP contribution in [0, 0.1) is 0 Å². The van der Waals surface area contributed by atoms with Crippen LogP contribution in [0.15, 0.2) is 18.5 Å². The summed E-state index contributed by atoms with van der Waals surface area (Å²) in [7, 11) is 0. The van der Waals surface area contributed by atoms with Gasteiger partial charge in [0.15, 0.2) is 0 Å². The molecule has 0 aliphatic rings. The van der Waals surface area contributed by atoms with Gasteiger partial charge in [-0.3, -0.25) is 4.68 Å². The molecule has 0 saturated heterocycles. The van der Waals surface area contributed by atoms with E-state index in [1.165, 1.54) is 0 Å². The lowest BCUT2D eigenvalue weighted by atomic mass is 10.2. The van der Waals surface area contributed by atoms with Gasteiger partial charge in [-0.05, 0) is 25.8 Å². The highest BCUT2D eigenvalue weighted by molar-refractivity contribution is 4.77. The van der Waals surface area contributed by atoms with Crippen molar-refractivity contribution in [2.75, 3.05) is 0 Å². The molecule has 0 amide bonds. The summed E-state index contributed by atoms with van der Waals surface area (Å²) in [6, 6.07) is 2.25. The van der Waals surface area contributed by atoms with Crippen LogP contribution in [0.4, 0.5) is 0 Å². The fourth-order valence-electron chi connectivity index (χ4n) is 1.01. The first-order chi connectivity index (χ1) is 5.29. The second kappa shape index (κ2) is 4.13. The Morgan fingerprint density at radius 2 is 2.45 bits per heavy atom. The number of aryl methyl sites for hydroxylation is 1. The van der Waals surface area contributed by atoms with Crippen LogP contribution in [-0.2, 0) is 6.54 Å². The minimum atomic E-state index is 0.311. The van der Waals surface area contributed by atoms with Crippen molar-refractivity contribution >= 4 is 0 Å². The van der Waals surface area contributed by atoms with Crippen molar-refractivity contribution in [2.45, 2.75) is 32.4 Å². The summed E-state index contributed by atoms with van der Waals surface area (Å²) in [6.45, 7) is 3.01. The van der Waals surface area contributed by atoms with Crippen molar-refractivity contribution in [3.05, 3.63) is 18.5 Å². The number of hydrogen-bond acceptors (Lipinski definition) is 2. The van der Waals surface area contributed by atoms with Crippen LogP contribution in [0.2, 0.25) is 0 Å². The van der Waals surface area contributed by atoms with Crippen molar-refractivity contribution in [1.82, 2.24) is 9.78 Å². The minimum Gasteiger partial charge on any atom is -0.328 e. The van der Waals surface area contributed by atoms with Crippen LogP contribution in [0.5, 0.6) is 0 Å². The Hall–Kier alpha value is -0.830. The summed E-state index contributed by atoms with van der Waals surface area (Å²) in [4.78, 5) is 0. The summed E-state index contributed by atoms with van der Waals surface area (Å²) >= 11 is 0. The highest BCUT2D eigenvalue weighted by Crippen LogP contribution is 1.96. The molecule has 0 saturated carbocycles. The van der Waals surface area contributed by atoms with E-state index < -0.39 is 0 Å². The van der Waals surface area contributed by atoms with Gasteiger partial charge >= 0.3 is 0 Å². The fourth-order valence-corrected chi connectivity index (χ4v) is 1.01. The highest BCUT2D eigenvalue weighted by atomic mass is 15.3. The standard InChI is InChI=1S/C8H15N3/c1-8(9)4-2-6-11-7-3-5-10-11/h3,5,7-8H,2,4,6,9H2,1H3. The van der Waals surface area contributed by atoms with E-state index in [1.54, 1.807) is 6.20 Å². The third-order valence-electron chi connectivity index (χ3n) is 1.61. The Morgan fingerprint density at radius 3 is 3.00 bits per heavy atom. The predicted octanol–water partition coefficient (Wildman–Crippen LogP) is 1.01. The number of aromatic nitrogens is 2. The molecule has 1 atom stereocenters. The number of nitrogens with two attached hydrogens (primary N) is 1. The lowest BCUT2D eigenvalue weighted by Crippen LogP contribution is -2.15. The maximum absolute atomic E-state index is 5.60. The predicted molar refractivity (Wildman–Crippen MR) is 45.1 cm³/mol. The zero-order valence-corrected chi connectivity index (χ0v) is 6.90. The van der Waals surface area contributed by atoms with Gasteiger partial charge in [-0.1, -0.05) is 0 Å². The van der Waals surface area contributed by atoms with Crippen LogP contribution in [-0.4, -0.2) is 15.8 Å². The van der Waals surface area contributed by atoms with E-state index in [2.05, 4.69) is 5.10 Å². The molecule has 2 N–H and O–H groups in total. The molecule has 11 heavy (non-hydrogen) atoms. The molecule has 0 aliphatic carbocycles. The Balaban J connectivity index is 2.14. The van der Waals surface area contributed by atoms with Crippen LogP contribution >= 0.6 is 0 Å². The minimum absolute atomic E-state index is 0.311. The van der Waals surface area contributed by atoms with Gasteiger partial charge in [0.2, 0.25) is 0 Å². The molecule has 3 heteroatoms. The number of nitrogens with zero attached hydrogens (tertiary/aromatic N) is 2. The van der Waals surface area contributed by atoms with Crippen molar-refractivity contribution in [1.29, 1.82) is 0 Å². The van der Waals surface area contributed by atoms with E-state index in [-0.39, 0.29) is 0 Å². The third-order valence-corrected chi connectivity index (χ3v) is 1.61. The lowest BCUT2D eigenvalue weighted by molar-refractivity contribution is 0.525. The maximum Gasteiger partial charge on any atom is 0.0489 e. The molecule has 1 aromatic heterocycles. The molecule has 0 aliphatic heterocycles. The van der Waals surface area contributed by atoms with Gasteiger partial charge < -0.3 is 5.73 Å². The average molecular weight is 153 g/mol. The van der Waals surface area contributed by atoms with E-state index in [9.17, 15) is 0 Å². The molecule has 0 bridgehead atoms. The third kappa shape index (κ3) is 3.18. The summed E-state index contributed by atoms with van der Waals surface area (Å²) in [5, 5.41) is 4.09. The summed E-state index contributed by atoms with van der Waals surface area (Å²) in [5.74, 6) is 0. The van der Waals surface area contributed by atoms with Crippen molar-refractivity contribution in [3.8, 4) is 0 Å². The molecule has 62 valence electrons.